The van der Waals surface area contributed by atoms with Crippen LogP contribution >= 0.6 is 11.3 Å². The van der Waals surface area contributed by atoms with Gasteiger partial charge in [-0.3, -0.25) is 4.79 Å². The van der Waals surface area contributed by atoms with E-state index in [1.165, 1.54) is 25.7 Å². The molecule has 20 heavy (non-hydrogen) atoms. The molecule has 0 aliphatic carbocycles. The quantitative estimate of drug-likeness (QED) is 0.923. The highest BCUT2D eigenvalue weighted by atomic mass is 32.1. The van der Waals surface area contributed by atoms with Crippen molar-refractivity contribution >= 4 is 22.4 Å². The Kier molecular flexibility index (Phi) is 4.68. The number of anilines is 1. The summed E-state index contributed by atoms with van der Waals surface area (Å²) < 4.78 is 0. The van der Waals surface area contributed by atoms with E-state index in [2.05, 4.69) is 16.8 Å². The lowest BCUT2D eigenvalue weighted by atomic mass is 9.90. The molecule has 4 nitrogen and oxygen atoms in total. The molecule has 0 amide bonds. The lowest BCUT2D eigenvalue weighted by Crippen LogP contribution is -2.29. The van der Waals surface area contributed by atoms with Crippen molar-refractivity contribution in [3.8, 4) is 0 Å². The van der Waals surface area contributed by atoms with E-state index in [4.69, 9.17) is 0 Å². The molecular formula is C15H24N2O2S. The molecule has 1 unspecified atom stereocenters. The molecule has 1 aromatic rings. The zero-order valence-corrected chi connectivity index (χ0v) is 13.4. The second-order valence-corrected chi connectivity index (χ2v) is 6.97. The second kappa shape index (κ2) is 6.12. The Morgan fingerprint density at radius 2 is 2.25 bits per heavy atom. The lowest BCUT2D eigenvalue weighted by Gasteiger charge is -2.20. The summed E-state index contributed by atoms with van der Waals surface area (Å²) in [5.41, 5.74) is -0.242. The first kappa shape index (κ1) is 15.3. The zero-order chi connectivity index (χ0) is 14.8. The summed E-state index contributed by atoms with van der Waals surface area (Å²) in [6.07, 6.45) is 4.97. The van der Waals surface area contributed by atoms with E-state index in [1.54, 1.807) is 25.2 Å². The van der Waals surface area contributed by atoms with E-state index < -0.39 is 11.4 Å². The van der Waals surface area contributed by atoms with Gasteiger partial charge in [0.1, 0.15) is 5.41 Å². The maximum absolute atomic E-state index is 11.3. The Hall–Kier alpha value is -1.10. The van der Waals surface area contributed by atoms with Gasteiger partial charge in [0.05, 0.1) is 5.69 Å². The minimum atomic E-state index is -0.910. The van der Waals surface area contributed by atoms with E-state index >= 15 is 0 Å². The van der Waals surface area contributed by atoms with Crippen LogP contribution in [0, 0.1) is 5.92 Å². The van der Waals surface area contributed by atoms with Crippen LogP contribution in [0.2, 0.25) is 0 Å². The molecule has 1 aromatic heterocycles. The Labute approximate surface area is 124 Å². The summed E-state index contributed by atoms with van der Waals surface area (Å²) in [5, 5.41) is 12.1. The van der Waals surface area contributed by atoms with E-state index in [1.807, 2.05) is 5.38 Å². The monoisotopic (exact) mass is 296 g/mol. The average molecular weight is 296 g/mol. The van der Waals surface area contributed by atoms with Gasteiger partial charge in [0, 0.05) is 18.5 Å². The number of thiazole rings is 1. The Morgan fingerprint density at radius 3 is 2.90 bits per heavy atom. The number of aliphatic carboxylic acids is 1. The summed E-state index contributed by atoms with van der Waals surface area (Å²) in [6, 6.07) is 0. The first-order chi connectivity index (χ1) is 9.45. The van der Waals surface area contributed by atoms with Gasteiger partial charge >= 0.3 is 5.97 Å². The number of rotatable bonds is 4. The van der Waals surface area contributed by atoms with E-state index in [-0.39, 0.29) is 0 Å². The summed E-state index contributed by atoms with van der Waals surface area (Å²) in [4.78, 5) is 18.2. The van der Waals surface area contributed by atoms with Gasteiger partial charge < -0.3 is 10.0 Å². The normalized spacial score (nSPS) is 20.8. The van der Waals surface area contributed by atoms with Crippen LogP contribution in [0.5, 0.6) is 0 Å². The zero-order valence-electron chi connectivity index (χ0n) is 12.6. The predicted octanol–water partition coefficient (Wildman–Crippen LogP) is 3.52. The van der Waals surface area contributed by atoms with E-state index in [0.29, 0.717) is 5.69 Å². The van der Waals surface area contributed by atoms with E-state index in [0.717, 1.165) is 24.1 Å². The molecule has 5 heteroatoms. The lowest BCUT2D eigenvalue weighted by molar-refractivity contribution is -0.142. The third-order valence-corrected chi connectivity index (χ3v) is 5.26. The number of aromatic nitrogens is 1. The summed E-state index contributed by atoms with van der Waals surface area (Å²) in [7, 11) is 0. The van der Waals surface area contributed by atoms with Gasteiger partial charge in [0.2, 0.25) is 0 Å². The van der Waals surface area contributed by atoms with Gasteiger partial charge in [-0.05, 0) is 39.0 Å². The number of carboxylic acids is 1. The number of carbonyl (C=O) groups is 1. The van der Waals surface area contributed by atoms with Crippen LogP contribution in [0.25, 0.3) is 0 Å². The molecule has 2 rings (SSSR count). The summed E-state index contributed by atoms with van der Waals surface area (Å²) >= 11 is 1.57. The van der Waals surface area contributed by atoms with Crippen LogP contribution in [0.3, 0.4) is 0 Å². The third kappa shape index (κ3) is 3.14. The van der Waals surface area contributed by atoms with Crippen molar-refractivity contribution in [2.24, 2.45) is 5.92 Å². The van der Waals surface area contributed by atoms with Gasteiger partial charge in [-0.2, -0.15) is 0 Å². The largest absolute Gasteiger partial charge is 0.481 e. The number of hydrogen-bond donors (Lipinski definition) is 1. The maximum atomic E-state index is 11.3. The van der Waals surface area contributed by atoms with Crippen molar-refractivity contribution in [1.29, 1.82) is 0 Å². The van der Waals surface area contributed by atoms with Crippen molar-refractivity contribution in [3.05, 3.63) is 11.1 Å². The molecule has 1 saturated heterocycles. The van der Waals surface area contributed by atoms with Gasteiger partial charge in [0.15, 0.2) is 5.13 Å². The van der Waals surface area contributed by atoms with Crippen LogP contribution in [-0.4, -0.2) is 29.1 Å². The fraction of sp³-hybridized carbons (Fsp3) is 0.733. The van der Waals surface area contributed by atoms with Crippen LogP contribution in [0.15, 0.2) is 5.38 Å². The van der Waals surface area contributed by atoms with Crippen molar-refractivity contribution < 1.29 is 9.90 Å². The minimum Gasteiger partial charge on any atom is -0.481 e. The van der Waals surface area contributed by atoms with Crippen molar-refractivity contribution in [2.75, 3.05) is 18.0 Å². The Morgan fingerprint density at radius 1 is 1.50 bits per heavy atom. The topological polar surface area (TPSA) is 53.4 Å². The van der Waals surface area contributed by atoms with Crippen LogP contribution < -0.4 is 4.90 Å². The molecule has 1 N–H and O–H groups in total. The number of hydrogen-bond acceptors (Lipinski definition) is 4. The van der Waals surface area contributed by atoms with Crippen LogP contribution in [0.1, 0.15) is 52.1 Å². The fourth-order valence-electron chi connectivity index (χ4n) is 2.57. The molecule has 0 saturated carbocycles. The van der Waals surface area contributed by atoms with Crippen LogP contribution in [-0.2, 0) is 10.2 Å². The third-order valence-electron chi connectivity index (χ3n) is 4.36. The molecular weight excluding hydrogens is 272 g/mol. The molecule has 0 radical (unpaired) electrons. The average Bonchev–Trinajstić information content (AvgIpc) is 2.78. The van der Waals surface area contributed by atoms with Crippen LogP contribution in [0.4, 0.5) is 5.13 Å². The molecule has 1 fully saturated rings. The first-order valence-corrected chi connectivity index (χ1v) is 8.27. The smallest absolute Gasteiger partial charge is 0.315 e. The number of nitrogens with zero attached hydrogens (tertiary/aromatic N) is 2. The summed E-state index contributed by atoms with van der Waals surface area (Å²) in [5.74, 6) is 0.00570. The predicted molar refractivity (Wildman–Crippen MR) is 82.6 cm³/mol. The first-order valence-electron chi connectivity index (χ1n) is 7.39. The van der Waals surface area contributed by atoms with Gasteiger partial charge in [-0.25, -0.2) is 4.98 Å². The molecule has 0 bridgehead atoms. The van der Waals surface area contributed by atoms with Gasteiger partial charge in [0.25, 0.3) is 0 Å². The van der Waals surface area contributed by atoms with Gasteiger partial charge in [-0.1, -0.05) is 13.3 Å². The second-order valence-electron chi connectivity index (χ2n) is 6.14. The summed E-state index contributed by atoms with van der Waals surface area (Å²) in [6.45, 7) is 7.76. The van der Waals surface area contributed by atoms with Crippen molar-refractivity contribution in [2.45, 2.75) is 51.9 Å². The van der Waals surface area contributed by atoms with Gasteiger partial charge in [-0.15, -0.1) is 11.3 Å². The highest BCUT2D eigenvalue weighted by molar-refractivity contribution is 7.13. The Balaban J connectivity index is 2.11. The molecule has 112 valence electrons. The molecule has 1 aliphatic rings. The number of carboxylic acid groups (broad SMARTS) is 1. The molecule has 0 spiro atoms. The van der Waals surface area contributed by atoms with E-state index in [9.17, 15) is 9.90 Å². The molecule has 0 aromatic carbocycles. The highest BCUT2D eigenvalue weighted by Gasteiger charge is 2.32. The molecule has 2 heterocycles. The minimum absolute atomic E-state index is 0.668. The fourth-order valence-corrected chi connectivity index (χ4v) is 3.62. The maximum Gasteiger partial charge on any atom is 0.315 e. The SMILES string of the molecule is CCC1CCCN(c2nc(C(C)(C)C(=O)O)cs2)CC1. The molecule has 1 atom stereocenters. The highest BCUT2D eigenvalue weighted by Crippen LogP contribution is 2.31. The van der Waals surface area contributed by atoms with Crippen molar-refractivity contribution in [3.63, 3.8) is 0 Å². The molecule has 1 aliphatic heterocycles. The van der Waals surface area contributed by atoms with Crippen molar-refractivity contribution in [1.82, 2.24) is 4.98 Å². The Bertz CT molecular complexity index is 470. The standard InChI is InChI=1S/C15H24N2O2S/c1-4-11-6-5-8-17(9-7-11)14-16-12(10-20-14)15(2,3)13(18)19/h10-11H,4-9H2,1-3H3,(H,18,19).